The number of para-hydroxylation sites is 2. The molecule has 24 heavy (non-hydrogen) atoms. The molecule has 0 saturated carbocycles. The Morgan fingerprint density at radius 2 is 1.92 bits per heavy atom. The molecule has 0 unspecified atom stereocenters. The van der Waals surface area contributed by atoms with Gasteiger partial charge in [0.1, 0.15) is 0 Å². The van der Waals surface area contributed by atoms with E-state index in [1.54, 1.807) is 0 Å². The zero-order valence-corrected chi connectivity index (χ0v) is 14.0. The van der Waals surface area contributed by atoms with E-state index >= 15 is 0 Å². The maximum Gasteiger partial charge on any atom is 0.220 e. The lowest BCUT2D eigenvalue weighted by Crippen LogP contribution is -2.25. The molecular formula is C20H23N3O. The summed E-state index contributed by atoms with van der Waals surface area (Å²) in [6, 6.07) is 16.5. The maximum atomic E-state index is 11.9. The van der Waals surface area contributed by atoms with Crippen LogP contribution in [0.25, 0.3) is 11.0 Å². The Morgan fingerprint density at radius 3 is 2.75 bits per heavy atom. The molecule has 0 aliphatic carbocycles. The van der Waals surface area contributed by atoms with Crippen molar-refractivity contribution >= 4 is 16.9 Å². The average molecular weight is 321 g/mol. The first-order valence-electron chi connectivity index (χ1n) is 8.44. The molecule has 2 aromatic carbocycles. The first kappa shape index (κ1) is 16.2. The number of hydrogen-bond donors (Lipinski definition) is 1. The first-order valence-corrected chi connectivity index (χ1v) is 8.44. The molecule has 0 aliphatic rings. The monoisotopic (exact) mass is 321 g/mol. The van der Waals surface area contributed by atoms with Crippen LogP contribution in [0.5, 0.6) is 0 Å². The van der Waals surface area contributed by atoms with E-state index in [1.807, 2.05) is 24.5 Å². The number of imidazole rings is 1. The predicted molar refractivity (Wildman–Crippen MR) is 96.9 cm³/mol. The molecule has 0 aliphatic heterocycles. The van der Waals surface area contributed by atoms with Crippen molar-refractivity contribution in [1.82, 2.24) is 14.9 Å². The summed E-state index contributed by atoms with van der Waals surface area (Å²) in [5, 5.41) is 3.00. The van der Waals surface area contributed by atoms with Crippen molar-refractivity contribution in [2.75, 3.05) is 6.54 Å². The fourth-order valence-corrected chi connectivity index (χ4v) is 2.77. The zero-order valence-electron chi connectivity index (χ0n) is 14.0. The van der Waals surface area contributed by atoms with E-state index in [2.05, 4.69) is 52.1 Å². The van der Waals surface area contributed by atoms with Crippen LogP contribution in [0.15, 0.2) is 54.9 Å². The van der Waals surface area contributed by atoms with Gasteiger partial charge >= 0.3 is 0 Å². The average Bonchev–Trinajstić information content (AvgIpc) is 3.01. The first-order chi connectivity index (χ1) is 11.7. The van der Waals surface area contributed by atoms with Crippen molar-refractivity contribution in [3.05, 3.63) is 66.0 Å². The van der Waals surface area contributed by atoms with Crippen molar-refractivity contribution in [3.63, 3.8) is 0 Å². The van der Waals surface area contributed by atoms with Crippen molar-refractivity contribution in [3.8, 4) is 0 Å². The molecule has 4 heteroatoms. The minimum Gasteiger partial charge on any atom is -0.356 e. The number of hydrogen-bond acceptors (Lipinski definition) is 2. The Morgan fingerprint density at radius 1 is 1.12 bits per heavy atom. The number of rotatable bonds is 7. The Labute approximate surface area is 142 Å². The van der Waals surface area contributed by atoms with E-state index in [0.29, 0.717) is 13.0 Å². The molecule has 0 fully saturated rings. The smallest absolute Gasteiger partial charge is 0.220 e. The number of fused-ring (bicyclic) bond motifs is 1. The third kappa shape index (κ3) is 4.22. The summed E-state index contributed by atoms with van der Waals surface area (Å²) >= 11 is 0. The lowest BCUT2D eigenvalue weighted by Gasteiger charge is -2.07. The van der Waals surface area contributed by atoms with Gasteiger partial charge in [0.2, 0.25) is 5.91 Å². The van der Waals surface area contributed by atoms with E-state index in [4.69, 9.17) is 0 Å². The second kappa shape index (κ2) is 7.77. The molecule has 3 rings (SSSR count). The molecule has 4 nitrogen and oxygen atoms in total. The molecule has 0 bridgehead atoms. The van der Waals surface area contributed by atoms with E-state index < -0.39 is 0 Å². The van der Waals surface area contributed by atoms with Crippen LogP contribution in [0, 0.1) is 6.92 Å². The van der Waals surface area contributed by atoms with Crippen molar-refractivity contribution in [1.29, 1.82) is 0 Å². The van der Waals surface area contributed by atoms with Crippen molar-refractivity contribution in [2.24, 2.45) is 0 Å². The van der Waals surface area contributed by atoms with Gasteiger partial charge in [0.05, 0.1) is 17.4 Å². The fourth-order valence-electron chi connectivity index (χ4n) is 2.77. The van der Waals surface area contributed by atoms with Gasteiger partial charge in [0.15, 0.2) is 0 Å². The molecule has 1 amide bonds. The van der Waals surface area contributed by atoms with Crippen LogP contribution in [0.1, 0.15) is 24.0 Å². The standard InChI is InChI=1S/C20H23N3O/c1-16-7-9-17(10-8-16)11-12-20(24)21-13-4-14-23-15-22-18-5-2-3-6-19(18)23/h2-3,5-10,15H,4,11-14H2,1H3,(H,21,24). The normalized spacial score (nSPS) is 10.9. The minimum absolute atomic E-state index is 0.117. The fraction of sp³-hybridized carbons (Fsp3) is 0.300. The quantitative estimate of drug-likeness (QED) is 0.677. The summed E-state index contributed by atoms with van der Waals surface area (Å²) in [5.41, 5.74) is 4.61. The van der Waals surface area contributed by atoms with E-state index in [0.717, 1.165) is 30.4 Å². The summed E-state index contributed by atoms with van der Waals surface area (Å²) in [5.74, 6) is 0.117. The highest BCUT2D eigenvalue weighted by molar-refractivity contribution is 5.76. The van der Waals surface area contributed by atoms with Crippen LogP contribution >= 0.6 is 0 Å². The van der Waals surface area contributed by atoms with Crippen LogP contribution in [0.2, 0.25) is 0 Å². The van der Waals surface area contributed by atoms with Gasteiger partial charge in [-0.05, 0) is 37.5 Å². The predicted octanol–water partition coefficient (Wildman–Crippen LogP) is 3.48. The summed E-state index contributed by atoms with van der Waals surface area (Å²) in [6.45, 7) is 3.62. The van der Waals surface area contributed by atoms with Gasteiger partial charge in [-0.15, -0.1) is 0 Å². The van der Waals surface area contributed by atoms with Crippen LogP contribution < -0.4 is 5.32 Å². The molecular weight excluding hydrogens is 298 g/mol. The van der Waals surface area contributed by atoms with Gasteiger partial charge < -0.3 is 9.88 Å². The molecule has 0 atom stereocenters. The van der Waals surface area contributed by atoms with E-state index in [-0.39, 0.29) is 5.91 Å². The molecule has 0 saturated heterocycles. The Hall–Kier alpha value is -2.62. The minimum atomic E-state index is 0.117. The summed E-state index contributed by atoms with van der Waals surface area (Å²) in [7, 11) is 0. The molecule has 1 aromatic heterocycles. The molecule has 3 aromatic rings. The van der Waals surface area contributed by atoms with Crippen LogP contribution in [0.3, 0.4) is 0 Å². The zero-order chi connectivity index (χ0) is 16.8. The lowest BCUT2D eigenvalue weighted by atomic mass is 10.1. The van der Waals surface area contributed by atoms with Gasteiger partial charge in [-0.2, -0.15) is 0 Å². The lowest BCUT2D eigenvalue weighted by molar-refractivity contribution is -0.121. The Balaban J connectivity index is 1.38. The molecule has 124 valence electrons. The van der Waals surface area contributed by atoms with Gasteiger partial charge in [-0.25, -0.2) is 4.98 Å². The second-order valence-corrected chi connectivity index (χ2v) is 6.12. The molecule has 1 N–H and O–H groups in total. The highest BCUT2D eigenvalue weighted by atomic mass is 16.1. The summed E-state index contributed by atoms with van der Waals surface area (Å²) < 4.78 is 2.13. The summed E-state index contributed by atoms with van der Waals surface area (Å²) in [4.78, 5) is 16.3. The number of carbonyl (C=O) groups is 1. The number of carbonyl (C=O) groups excluding carboxylic acids is 1. The number of aromatic nitrogens is 2. The second-order valence-electron chi connectivity index (χ2n) is 6.12. The van der Waals surface area contributed by atoms with Crippen LogP contribution in [0.4, 0.5) is 0 Å². The number of nitrogens with one attached hydrogen (secondary N) is 1. The molecule has 0 spiro atoms. The number of aryl methyl sites for hydroxylation is 3. The number of nitrogens with zero attached hydrogens (tertiary/aromatic N) is 2. The third-order valence-corrected chi connectivity index (χ3v) is 4.19. The molecule has 1 heterocycles. The van der Waals surface area contributed by atoms with Crippen LogP contribution in [-0.2, 0) is 17.8 Å². The SMILES string of the molecule is Cc1ccc(CCC(=O)NCCCn2cnc3ccccc32)cc1. The Bertz CT molecular complexity index is 805. The highest BCUT2D eigenvalue weighted by Crippen LogP contribution is 2.12. The number of amides is 1. The largest absolute Gasteiger partial charge is 0.356 e. The molecule has 0 radical (unpaired) electrons. The van der Waals surface area contributed by atoms with E-state index in [1.165, 1.54) is 11.1 Å². The van der Waals surface area contributed by atoms with Crippen LogP contribution in [-0.4, -0.2) is 22.0 Å². The summed E-state index contributed by atoms with van der Waals surface area (Å²) in [6.07, 6.45) is 4.09. The van der Waals surface area contributed by atoms with Gasteiger partial charge in [0, 0.05) is 19.5 Å². The van der Waals surface area contributed by atoms with Gasteiger partial charge in [-0.3, -0.25) is 4.79 Å². The van der Waals surface area contributed by atoms with Gasteiger partial charge in [0.25, 0.3) is 0 Å². The highest BCUT2D eigenvalue weighted by Gasteiger charge is 2.03. The van der Waals surface area contributed by atoms with Gasteiger partial charge in [-0.1, -0.05) is 42.0 Å². The van der Waals surface area contributed by atoms with Crippen molar-refractivity contribution < 1.29 is 4.79 Å². The third-order valence-electron chi connectivity index (χ3n) is 4.19. The number of benzene rings is 2. The Kier molecular flexibility index (Phi) is 5.26. The topological polar surface area (TPSA) is 46.9 Å². The maximum absolute atomic E-state index is 11.9. The van der Waals surface area contributed by atoms with E-state index in [9.17, 15) is 4.79 Å². The van der Waals surface area contributed by atoms with Crippen molar-refractivity contribution in [2.45, 2.75) is 32.7 Å².